The molecule has 0 amide bonds. The third kappa shape index (κ3) is 115. The second kappa shape index (κ2) is 70.1. The van der Waals surface area contributed by atoms with Crippen LogP contribution in [0.3, 0.4) is 0 Å². The van der Waals surface area contributed by atoms with Crippen LogP contribution in [-0.4, -0.2) is 155 Å². The van der Waals surface area contributed by atoms with Gasteiger partial charge in [0.1, 0.15) is 47.4 Å². The van der Waals surface area contributed by atoms with Gasteiger partial charge in [0, 0.05) is 115 Å². The lowest BCUT2D eigenvalue weighted by Gasteiger charge is -2.08. The Labute approximate surface area is 397 Å². The minimum absolute atomic E-state index is 0. The Morgan fingerprint density at radius 2 is 0.785 bits per heavy atom. The standard InChI is InChI=1S/C8H16O2.2C7H14O2.2C6H12O2.2C5H10O2.C4H8O2.CH4/c1-8(9)6-4-3-5-7-10-2;1-7(8)5-3-4-6-9-2;1-4-7(9-3)5-6(2)8;1-5(4-8-3)6(2)7;1-6(7)4-3-5-8-2;1-5(6)3-4-7-2;1-4(6)5(2)7-3;1-4(5)3-6-2;/h3-7H2,1-2H3;3-6H2,1-2H3;7H,4-5H2,1-3H3;5H,4H2,1-3H3;3-5H2,1-2H3;3-4H2,1-2H3;5H,1-3H3;3H2,1-2H3;1H4. The van der Waals surface area contributed by atoms with Crippen LogP contribution in [0.15, 0.2) is 0 Å². The van der Waals surface area contributed by atoms with E-state index in [0.29, 0.717) is 45.5 Å². The van der Waals surface area contributed by atoms with E-state index >= 15 is 0 Å². The number of unbranched alkanes of at least 4 members (excludes halogenated alkanes) is 3. The van der Waals surface area contributed by atoms with Gasteiger partial charge in [-0.25, -0.2) is 0 Å². The van der Waals surface area contributed by atoms with Crippen LogP contribution in [0, 0.1) is 5.92 Å². The lowest BCUT2D eigenvalue weighted by molar-refractivity contribution is -0.125. The summed E-state index contributed by atoms with van der Waals surface area (Å²) in [7, 11) is 12.9. The van der Waals surface area contributed by atoms with Gasteiger partial charge in [-0.2, -0.15) is 0 Å². The van der Waals surface area contributed by atoms with E-state index in [1.165, 1.54) is 28.1 Å². The summed E-state index contributed by atoms with van der Waals surface area (Å²) in [6, 6.07) is 0. The third-order valence-corrected chi connectivity index (χ3v) is 7.73. The van der Waals surface area contributed by atoms with Crippen molar-refractivity contribution >= 4 is 46.3 Å². The van der Waals surface area contributed by atoms with Crippen LogP contribution < -0.4 is 0 Å². The Kier molecular flexibility index (Phi) is 88.6. The number of Topliss-reactive ketones (excluding diaryl/α,β-unsaturated/α-hetero) is 8. The van der Waals surface area contributed by atoms with Gasteiger partial charge in [0.25, 0.3) is 0 Å². The molecule has 0 aliphatic rings. The SMILES string of the molecule is C.CCC(CC(C)=O)OC.COC(C)C(C)=O.COCC(C)=O.COCC(C)C(C)=O.COCCC(C)=O.COCCCC(C)=O.COCCCCC(C)=O.COCCCCCC(C)=O. The molecule has 65 heavy (non-hydrogen) atoms. The van der Waals surface area contributed by atoms with Gasteiger partial charge in [-0.05, 0) is 101 Å². The number of ketones is 8. The summed E-state index contributed by atoms with van der Waals surface area (Å²) in [5.41, 5.74) is 0. The second-order valence-corrected chi connectivity index (χ2v) is 14.7. The average molecular weight is 945 g/mol. The van der Waals surface area contributed by atoms with E-state index in [1.54, 1.807) is 91.1 Å². The Hall–Kier alpha value is -2.96. The normalized spacial score (nSPS) is 10.6. The lowest BCUT2D eigenvalue weighted by atomic mass is 10.1. The summed E-state index contributed by atoms with van der Waals surface area (Å²) in [6.07, 6.45) is 9.96. The van der Waals surface area contributed by atoms with Gasteiger partial charge in [0.2, 0.25) is 0 Å². The quantitative estimate of drug-likeness (QED) is 0.0643. The molecule has 0 aliphatic heterocycles. The molecule has 0 N–H and O–H groups in total. The minimum Gasteiger partial charge on any atom is -0.385 e. The zero-order valence-electron chi connectivity index (χ0n) is 44.0. The Balaban J connectivity index is -0.0000000789. The van der Waals surface area contributed by atoms with Gasteiger partial charge in [-0.3, -0.25) is 24.0 Å². The van der Waals surface area contributed by atoms with Gasteiger partial charge in [0.15, 0.2) is 11.6 Å². The Morgan fingerprint density at radius 3 is 0.985 bits per heavy atom. The van der Waals surface area contributed by atoms with E-state index in [0.717, 1.165) is 64.6 Å². The average Bonchev–Trinajstić information content (AvgIpc) is 3.21. The first-order valence-electron chi connectivity index (χ1n) is 21.9. The minimum atomic E-state index is -0.236. The van der Waals surface area contributed by atoms with Gasteiger partial charge in [-0.15, -0.1) is 0 Å². The highest BCUT2D eigenvalue weighted by Crippen LogP contribution is 2.02. The summed E-state index contributed by atoms with van der Waals surface area (Å²) in [5.74, 6) is 1.56. The molecule has 0 saturated carbocycles. The molecule has 0 spiro atoms. The zero-order valence-corrected chi connectivity index (χ0v) is 44.0. The van der Waals surface area contributed by atoms with Crippen LogP contribution in [0.2, 0.25) is 0 Å². The maximum absolute atomic E-state index is 10.5. The second-order valence-electron chi connectivity index (χ2n) is 14.7. The highest BCUT2D eigenvalue weighted by atomic mass is 16.5. The molecule has 0 fully saturated rings. The van der Waals surface area contributed by atoms with E-state index < -0.39 is 0 Å². The molecular weight excluding hydrogens is 845 g/mol. The molecule has 3 atom stereocenters. The highest BCUT2D eigenvalue weighted by Gasteiger charge is 2.06. The van der Waals surface area contributed by atoms with Crippen LogP contribution in [0.1, 0.15) is 161 Å². The van der Waals surface area contributed by atoms with E-state index in [1.807, 2.05) is 13.8 Å². The molecule has 0 aliphatic carbocycles. The van der Waals surface area contributed by atoms with Crippen molar-refractivity contribution in [3.8, 4) is 0 Å². The lowest BCUT2D eigenvalue weighted by Crippen LogP contribution is -2.14. The first-order chi connectivity index (χ1) is 29.9. The highest BCUT2D eigenvalue weighted by molar-refractivity contribution is 5.80. The molecule has 16 heteroatoms. The molecule has 0 rings (SSSR count). The van der Waals surface area contributed by atoms with Gasteiger partial charge < -0.3 is 52.3 Å². The smallest absolute Gasteiger partial charge is 0.158 e. The van der Waals surface area contributed by atoms with Crippen LogP contribution in [0.25, 0.3) is 0 Å². The molecule has 0 aromatic heterocycles. The van der Waals surface area contributed by atoms with Crippen molar-refractivity contribution < 1.29 is 76.3 Å². The Morgan fingerprint density at radius 1 is 0.400 bits per heavy atom. The van der Waals surface area contributed by atoms with Crippen molar-refractivity contribution in [3.05, 3.63) is 0 Å². The monoisotopic (exact) mass is 945 g/mol. The zero-order chi connectivity index (χ0) is 51.7. The van der Waals surface area contributed by atoms with Crippen LogP contribution in [-0.2, 0) is 76.3 Å². The van der Waals surface area contributed by atoms with Gasteiger partial charge in [-0.1, -0.05) is 27.7 Å². The molecule has 392 valence electrons. The van der Waals surface area contributed by atoms with Crippen molar-refractivity contribution in [2.24, 2.45) is 5.92 Å². The van der Waals surface area contributed by atoms with Crippen LogP contribution in [0.5, 0.6) is 0 Å². The number of carbonyl (C=O) groups is 8. The first-order valence-corrected chi connectivity index (χ1v) is 21.9. The van der Waals surface area contributed by atoms with Gasteiger partial charge >= 0.3 is 0 Å². The maximum Gasteiger partial charge on any atom is 0.158 e. The largest absolute Gasteiger partial charge is 0.385 e. The fourth-order valence-corrected chi connectivity index (χ4v) is 3.58. The number of rotatable bonds is 29. The first kappa shape index (κ1) is 82.2. The van der Waals surface area contributed by atoms with Gasteiger partial charge in [0.05, 0.1) is 19.3 Å². The fourth-order valence-electron chi connectivity index (χ4n) is 3.58. The summed E-state index contributed by atoms with van der Waals surface area (Å²) >= 11 is 0. The number of ether oxygens (including phenoxy) is 8. The van der Waals surface area contributed by atoms with Crippen LogP contribution in [0.4, 0.5) is 0 Å². The van der Waals surface area contributed by atoms with E-state index in [2.05, 4.69) is 14.2 Å². The molecule has 16 nitrogen and oxygen atoms in total. The van der Waals surface area contributed by atoms with E-state index in [-0.39, 0.29) is 78.4 Å². The number of hydrogen-bond donors (Lipinski definition) is 0. The summed E-state index contributed by atoms with van der Waals surface area (Å²) in [6.45, 7) is 21.8. The molecule has 0 bridgehead atoms. The molecule has 0 radical (unpaired) electrons. The third-order valence-electron chi connectivity index (χ3n) is 7.73. The molecular formula is C49H100O16. The van der Waals surface area contributed by atoms with Crippen molar-refractivity contribution in [2.45, 2.75) is 173 Å². The van der Waals surface area contributed by atoms with E-state index in [4.69, 9.17) is 23.7 Å². The predicted molar refractivity (Wildman–Crippen MR) is 261 cm³/mol. The van der Waals surface area contributed by atoms with Crippen molar-refractivity contribution in [2.75, 3.05) is 96.5 Å². The van der Waals surface area contributed by atoms with Crippen molar-refractivity contribution in [1.82, 2.24) is 0 Å². The molecule has 0 aromatic rings. The number of carbonyl (C=O) groups excluding carboxylic acids is 8. The summed E-state index contributed by atoms with van der Waals surface area (Å²) in [5, 5.41) is 0. The molecule has 0 heterocycles. The van der Waals surface area contributed by atoms with E-state index in [9.17, 15) is 38.4 Å². The molecule has 3 unspecified atom stereocenters. The summed E-state index contributed by atoms with van der Waals surface area (Å²) < 4.78 is 37.9. The van der Waals surface area contributed by atoms with Crippen molar-refractivity contribution in [1.29, 1.82) is 0 Å². The topological polar surface area (TPSA) is 210 Å². The number of methoxy groups -OCH3 is 8. The van der Waals surface area contributed by atoms with Crippen molar-refractivity contribution in [3.63, 3.8) is 0 Å². The molecule has 0 aromatic carbocycles. The number of hydrogen-bond acceptors (Lipinski definition) is 16. The predicted octanol–water partition coefficient (Wildman–Crippen LogP) is 8.50. The summed E-state index contributed by atoms with van der Waals surface area (Å²) in [4.78, 5) is 82.3. The Bertz CT molecular complexity index is 1070. The maximum atomic E-state index is 10.5. The molecule has 0 saturated heterocycles. The fraction of sp³-hybridized carbons (Fsp3) is 0.837. The van der Waals surface area contributed by atoms with Crippen LogP contribution >= 0.6 is 0 Å².